The molecule has 1 fully saturated rings. The highest BCUT2D eigenvalue weighted by molar-refractivity contribution is 6.35. The Balaban J connectivity index is 2.01. The van der Waals surface area contributed by atoms with E-state index in [4.69, 9.17) is 14.5 Å². The van der Waals surface area contributed by atoms with E-state index in [2.05, 4.69) is 6.21 Å². The molecule has 19 heavy (non-hydrogen) atoms. The van der Waals surface area contributed by atoms with Gasteiger partial charge in [0.25, 0.3) is 0 Å². The summed E-state index contributed by atoms with van der Waals surface area (Å²) in [4.78, 5) is 4.71. The summed E-state index contributed by atoms with van der Waals surface area (Å²) in [6.07, 6.45) is 10.2. The molecule has 0 spiro atoms. The zero-order valence-corrected chi connectivity index (χ0v) is 14.2. The Morgan fingerprint density at radius 2 is 1.84 bits per heavy atom. The maximum atomic E-state index is 5.56. The minimum atomic E-state index is -0.0667. The highest BCUT2D eigenvalue weighted by Crippen LogP contribution is 2.19. The standard InChI is InChI=1S/C15H31NO2Si/c1-3-17-15(18-4-2)13-19-12-8-11-16-14-9-6-5-7-10-14/h11,14-15H,3-10,12-13,19H2,1-2H3. The molecule has 1 aliphatic carbocycles. The van der Waals surface area contributed by atoms with Crippen LogP contribution >= 0.6 is 0 Å². The second-order valence-electron chi connectivity index (χ2n) is 5.25. The van der Waals surface area contributed by atoms with Crippen molar-refractivity contribution in [3.8, 4) is 0 Å². The lowest BCUT2D eigenvalue weighted by molar-refractivity contribution is -0.123. The van der Waals surface area contributed by atoms with Crippen LogP contribution in [0, 0.1) is 0 Å². The van der Waals surface area contributed by atoms with Crippen LogP contribution in [-0.4, -0.2) is 41.3 Å². The van der Waals surface area contributed by atoms with E-state index in [-0.39, 0.29) is 15.8 Å². The predicted octanol–water partition coefficient (Wildman–Crippen LogP) is 3.18. The van der Waals surface area contributed by atoms with Crippen molar-refractivity contribution in [3.63, 3.8) is 0 Å². The van der Waals surface area contributed by atoms with Gasteiger partial charge in [0.1, 0.15) is 0 Å². The molecule has 112 valence electrons. The molecule has 1 saturated carbocycles. The van der Waals surface area contributed by atoms with Crippen LogP contribution in [0.2, 0.25) is 12.1 Å². The molecule has 3 nitrogen and oxygen atoms in total. The fourth-order valence-corrected chi connectivity index (χ4v) is 4.01. The van der Waals surface area contributed by atoms with Crippen LogP contribution in [-0.2, 0) is 9.47 Å². The first-order valence-corrected chi connectivity index (χ1v) is 10.1. The van der Waals surface area contributed by atoms with E-state index in [1.807, 2.05) is 13.8 Å². The zero-order chi connectivity index (χ0) is 13.8. The maximum Gasteiger partial charge on any atom is 0.154 e. The zero-order valence-electron chi connectivity index (χ0n) is 12.8. The van der Waals surface area contributed by atoms with Gasteiger partial charge in [-0.15, -0.1) is 0 Å². The summed E-state index contributed by atoms with van der Waals surface area (Å²) in [5, 5.41) is 0. The molecule has 0 bridgehead atoms. The molecule has 1 rings (SSSR count). The summed E-state index contributed by atoms with van der Waals surface area (Å²) in [6, 6.07) is 3.10. The van der Waals surface area contributed by atoms with Gasteiger partial charge in [-0.05, 0) is 45.4 Å². The van der Waals surface area contributed by atoms with Gasteiger partial charge in [0, 0.05) is 28.8 Å². The summed E-state index contributed by atoms with van der Waals surface area (Å²) in [5.41, 5.74) is 0. The largest absolute Gasteiger partial charge is 0.353 e. The average molecular weight is 286 g/mol. The number of hydrogen-bond donors (Lipinski definition) is 0. The molecule has 0 radical (unpaired) electrons. The molecule has 0 aliphatic heterocycles. The van der Waals surface area contributed by atoms with E-state index < -0.39 is 0 Å². The third-order valence-electron chi connectivity index (χ3n) is 3.62. The van der Waals surface area contributed by atoms with Crippen molar-refractivity contribution in [1.82, 2.24) is 0 Å². The molecule has 0 aromatic rings. The lowest BCUT2D eigenvalue weighted by Gasteiger charge is -2.17. The van der Waals surface area contributed by atoms with Crippen molar-refractivity contribution < 1.29 is 9.47 Å². The number of hydrogen-bond acceptors (Lipinski definition) is 3. The van der Waals surface area contributed by atoms with Crippen LogP contribution in [0.15, 0.2) is 4.99 Å². The Morgan fingerprint density at radius 1 is 1.16 bits per heavy atom. The number of nitrogens with zero attached hydrogens (tertiary/aromatic N) is 1. The maximum absolute atomic E-state index is 5.56. The van der Waals surface area contributed by atoms with Crippen molar-refractivity contribution in [1.29, 1.82) is 0 Å². The Bertz CT molecular complexity index is 224. The Kier molecular flexibility index (Phi) is 10.3. The second kappa shape index (κ2) is 11.6. The van der Waals surface area contributed by atoms with Crippen LogP contribution < -0.4 is 0 Å². The van der Waals surface area contributed by atoms with Crippen LogP contribution in [0.4, 0.5) is 0 Å². The van der Waals surface area contributed by atoms with Gasteiger partial charge in [-0.2, -0.15) is 0 Å². The first-order valence-electron chi connectivity index (χ1n) is 8.11. The highest BCUT2D eigenvalue weighted by atomic mass is 28.2. The normalized spacial score (nSPS) is 18.3. The number of rotatable bonds is 10. The van der Waals surface area contributed by atoms with Gasteiger partial charge in [0.15, 0.2) is 6.29 Å². The van der Waals surface area contributed by atoms with E-state index in [1.54, 1.807) is 0 Å². The SMILES string of the molecule is CCOC(C[SiH2]CCC=NC1CCCCC1)OCC. The summed E-state index contributed by atoms with van der Waals surface area (Å²) in [7, 11) is -0.0667. The quantitative estimate of drug-likeness (QED) is 0.267. The Morgan fingerprint density at radius 3 is 2.47 bits per heavy atom. The third kappa shape index (κ3) is 8.55. The topological polar surface area (TPSA) is 30.8 Å². The molecule has 4 heteroatoms. The minimum Gasteiger partial charge on any atom is -0.353 e. The van der Waals surface area contributed by atoms with Crippen molar-refractivity contribution >= 4 is 15.7 Å². The van der Waals surface area contributed by atoms with Gasteiger partial charge in [0.2, 0.25) is 0 Å². The molecule has 0 aromatic heterocycles. The van der Waals surface area contributed by atoms with E-state index in [0.29, 0.717) is 6.04 Å². The van der Waals surface area contributed by atoms with Crippen LogP contribution in [0.3, 0.4) is 0 Å². The van der Waals surface area contributed by atoms with Gasteiger partial charge >= 0.3 is 0 Å². The van der Waals surface area contributed by atoms with Gasteiger partial charge in [-0.3, -0.25) is 4.99 Å². The number of aliphatic imine (C=N–C) groups is 1. The molecule has 0 heterocycles. The smallest absolute Gasteiger partial charge is 0.154 e. The van der Waals surface area contributed by atoms with Crippen molar-refractivity contribution in [2.45, 2.75) is 76.8 Å². The van der Waals surface area contributed by atoms with Crippen LogP contribution in [0.1, 0.15) is 52.4 Å². The Labute approximate surface area is 121 Å². The first kappa shape index (κ1) is 16.9. The molecule has 1 aliphatic rings. The molecular weight excluding hydrogens is 254 g/mol. The average Bonchev–Trinajstić information content (AvgIpc) is 2.44. The molecule has 0 amide bonds. The summed E-state index contributed by atoms with van der Waals surface area (Å²) in [5.74, 6) is 0. The summed E-state index contributed by atoms with van der Waals surface area (Å²) in [6.45, 7) is 5.57. The molecular formula is C15H31NO2Si. The fourth-order valence-electron chi connectivity index (χ4n) is 2.59. The summed E-state index contributed by atoms with van der Waals surface area (Å²) >= 11 is 0. The van der Waals surface area contributed by atoms with Crippen LogP contribution in [0.5, 0.6) is 0 Å². The van der Waals surface area contributed by atoms with Gasteiger partial charge in [-0.1, -0.05) is 25.3 Å². The second-order valence-corrected chi connectivity index (χ2v) is 7.24. The molecule has 0 aromatic carbocycles. The summed E-state index contributed by atoms with van der Waals surface area (Å²) < 4.78 is 11.1. The van der Waals surface area contributed by atoms with E-state index >= 15 is 0 Å². The monoisotopic (exact) mass is 285 g/mol. The van der Waals surface area contributed by atoms with Gasteiger partial charge < -0.3 is 9.47 Å². The van der Waals surface area contributed by atoms with Gasteiger partial charge in [0.05, 0.1) is 0 Å². The van der Waals surface area contributed by atoms with Crippen LogP contribution in [0.25, 0.3) is 0 Å². The molecule has 0 unspecified atom stereocenters. The third-order valence-corrected chi connectivity index (χ3v) is 5.41. The van der Waals surface area contributed by atoms with E-state index in [9.17, 15) is 0 Å². The van der Waals surface area contributed by atoms with E-state index in [0.717, 1.165) is 25.7 Å². The lowest BCUT2D eigenvalue weighted by atomic mass is 9.96. The lowest BCUT2D eigenvalue weighted by Crippen LogP contribution is -2.19. The van der Waals surface area contributed by atoms with Crippen molar-refractivity contribution in [2.24, 2.45) is 4.99 Å². The first-order chi connectivity index (χ1) is 9.36. The highest BCUT2D eigenvalue weighted by Gasteiger charge is 2.10. The van der Waals surface area contributed by atoms with Gasteiger partial charge in [-0.25, -0.2) is 0 Å². The minimum absolute atomic E-state index is 0.0527. The molecule has 0 N–H and O–H groups in total. The predicted molar refractivity (Wildman–Crippen MR) is 85.2 cm³/mol. The Hall–Kier alpha value is -0.193. The fraction of sp³-hybridized carbons (Fsp3) is 0.933. The van der Waals surface area contributed by atoms with Crippen molar-refractivity contribution in [2.75, 3.05) is 13.2 Å². The molecule has 0 saturated heterocycles. The number of ether oxygens (including phenoxy) is 2. The molecule has 0 atom stereocenters. The van der Waals surface area contributed by atoms with E-state index in [1.165, 1.54) is 38.1 Å². The van der Waals surface area contributed by atoms with Crippen molar-refractivity contribution in [3.05, 3.63) is 0 Å².